The summed E-state index contributed by atoms with van der Waals surface area (Å²) in [7, 11) is 0. The number of hydrogen-bond donors (Lipinski definition) is 2. The van der Waals surface area contributed by atoms with E-state index in [-0.39, 0.29) is 31.1 Å². The average Bonchev–Trinajstić information content (AvgIpc) is 2.92. The van der Waals surface area contributed by atoms with Crippen LogP contribution < -0.4 is 5.32 Å². The number of benzene rings is 1. The molecule has 0 spiro atoms. The first-order chi connectivity index (χ1) is 11.9. The summed E-state index contributed by atoms with van der Waals surface area (Å²) in [6.07, 6.45) is 0.167. The molecule has 0 saturated heterocycles. The van der Waals surface area contributed by atoms with Crippen molar-refractivity contribution in [2.24, 2.45) is 0 Å². The summed E-state index contributed by atoms with van der Waals surface area (Å²) in [6, 6.07) is 10.6. The molecular weight excluding hydrogens is 338 g/mol. The molecule has 1 atom stereocenters. The minimum Gasteiger partial charge on any atom is -0.481 e. The highest BCUT2D eigenvalue weighted by atomic mass is 32.1. The van der Waals surface area contributed by atoms with Crippen LogP contribution in [0, 0.1) is 13.8 Å². The van der Waals surface area contributed by atoms with E-state index < -0.39 is 11.9 Å². The van der Waals surface area contributed by atoms with Crippen LogP contribution >= 0.6 is 11.3 Å². The molecule has 25 heavy (non-hydrogen) atoms. The third-order valence-corrected chi connectivity index (χ3v) is 4.89. The molecule has 0 aliphatic rings. The zero-order chi connectivity index (χ0) is 18.4. The number of carbonyl (C=O) groups excluding carboxylic acids is 2. The van der Waals surface area contributed by atoms with E-state index in [1.165, 1.54) is 0 Å². The number of nitrogens with one attached hydrogen (secondary N) is 1. The molecule has 0 saturated carbocycles. The van der Waals surface area contributed by atoms with Crippen molar-refractivity contribution < 1.29 is 19.5 Å². The van der Waals surface area contributed by atoms with Gasteiger partial charge >= 0.3 is 5.97 Å². The molecule has 0 aliphatic carbocycles. The summed E-state index contributed by atoms with van der Waals surface area (Å²) in [5.41, 5.74) is 1.30. The van der Waals surface area contributed by atoms with Crippen LogP contribution in [0.5, 0.6) is 0 Å². The Morgan fingerprint density at radius 1 is 1.12 bits per heavy atom. The number of aliphatic carboxylic acids is 1. The molecule has 0 aliphatic heterocycles. The smallest absolute Gasteiger partial charge is 0.312 e. The van der Waals surface area contributed by atoms with E-state index >= 15 is 0 Å². The number of carboxylic acid groups (broad SMARTS) is 1. The molecule has 0 fully saturated rings. The Bertz CT molecular complexity index is 767. The number of aryl methyl sites for hydroxylation is 2. The van der Waals surface area contributed by atoms with Crippen LogP contribution in [-0.4, -0.2) is 29.3 Å². The zero-order valence-electron chi connectivity index (χ0n) is 14.2. The van der Waals surface area contributed by atoms with E-state index in [9.17, 15) is 19.5 Å². The van der Waals surface area contributed by atoms with Gasteiger partial charge in [-0.1, -0.05) is 30.3 Å². The Labute approximate surface area is 150 Å². The SMILES string of the molecule is Cc1cc(C(=O)CCC(=O)NCC(C(=O)O)c2ccccc2)c(C)s1. The number of carbonyl (C=O) groups is 3. The van der Waals surface area contributed by atoms with Crippen molar-refractivity contribution in [1.29, 1.82) is 0 Å². The maximum absolute atomic E-state index is 12.2. The van der Waals surface area contributed by atoms with Crippen LogP contribution in [0.1, 0.15) is 44.4 Å². The molecular formula is C19H21NO4S. The van der Waals surface area contributed by atoms with Crippen LogP contribution in [0.3, 0.4) is 0 Å². The van der Waals surface area contributed by atoms with Crippen molar-refractivity contribution in [3.63, 3.8) is 0 Å². The standard InChI is InChI=1S/C19H21NO4S/c1-12-10-15(13(2)25-12)17(21)8-9-18(22)20-11-16(19(23)24)14-6-4-3-5-7-14/h3-7,10,16H,8-9,11H2,1-2H3,(H,20,22)(H,23,24). The zero-order valence-corrected chi connectivity index (χ0v) is 15.1. The number of thiophene rings is 1. The van der Waals surface area contributed by atoms with Crippen molar-refractivity contribution >= 4 is 29.0 Å². The van der Waals surface area contributed by atoms with Crippen molar-refractivity contribution in [1.82, 2.24) is 5.32 Å². The van der Waals surface area contributed by atoms with E-state index in [2.05, 4.69) is 5.32 Å². The maximum Gasteiger partial charge on any atom is 0.312 e. The fourth-order valence-electron chi connectivity index (χ4n) is 2.61. The number of carboxylic acids is 1. The lowest BCUT2D eigenvalue weighted by Crippen LogP contribution is -2.31. The Morgan fingerprint density at radius 2 is 1.80 bits per heavy atom. The van der Waals surface area contributed by atoms with E-state index in [4.69, 9.17) is 0 Å². The molecule has 5 nitrogen and oxygen atoms in total. The van der Waals surface area contributed by atoms with Gasteiger partial charge in [0, 0.05) is 34.7 Å². The average molecular weight is 359 g/mol. The molecule has 2 rings (SSSR count). The molecule has 6 heteroatoms. The molecule has 1 aromatic heterocycles. The molecule has 132 valence electrons. The number of amides is 1. The number of hydrogen-bond acceptors (Lipinski definition) is 4. The maximum atomic E-state index is 12.2. The molecule has 1 amide bonds. The minimum absolute atomic E-state index is 0.00293. The molecule has 1 unspecified atom stereocenters. The van der Waals surface area contributed by atoms with Gasteiger partial charge < -0.3 is 10.4 Å². The predicted octanol–water partition coefficient (Wildman–Crippen LogP) is 3.31. The van der Waals surface area contributed by atoms with E-state index in [0.29, 0.717) is 11.1 Å². The van der Waals surface area contributed by atoms with Gasteiger partial charge in [0.05, 0.1) is 5.92 Å². The van der Waals surface area contributed by atoms with Gasteiger partial charge in [-0.25, -0.2) is 0 Å². The first kappa shape index (κ1) is 18.9. The lowest BCUT2D eigenvalue weighted by molar-refractivity contribution is -0.138. The van der Waals surface area contributed by atoms with Crippen LogP contribution in [-0.2, 0) is 9.59 Å². The van der Waals surface area contributed by atoms with Crippen LogP contribution in [0.2, 0.25) is 0 Å². The highest BCUT2D eigenvalue weighted by molar-refractivity contribution is 7.12. The van der Waals surface area contributed by atoms with Gasteiger partial charge in [-0.3, -0.25) is 14.4 Å². The van der Waals surface area contributed by atoms with Gasteiger partial charge in [0.15, 0.2) is 5.78 Å². The molecule has 0 bridgehead atoms. The van der Waals surface area contributed by atoms with Gasteiger partial charge in [-0.05, 0) is 25.5 Å². The topological polar surface area (TPSA) is 83.5 Å². The highest BCUT2D eigenvalue weighted by Gasteiger charge is 2.21. The van der Waals surface area contributed by atoms with Crippen molar-refractivity contribution in [3.05, 3.63) is 57.3 Å². The summed E-state index contributed by atoms with van der Waals surface area (Å²) >= 11 is 1.56. The van der Waals surface area contributed by atoms with Crippen molar-refractivity contribution in [2.45, 2.75) is 32.6 Å². The third-order valence-electron chi connectivity index (χ3n) is 3.92. The quantitative estimate of drug-likeness (QED) is 0.708. The van der Waals surface area contributed by atoms with Gasteiger partial charge in [-0.15, -0.1) is 11.3 Å². The monoisotopic (exact) mass is 359 g/mol. The Morgan fingerprint density at radius 3 is 2.36 bits per heavy atom. The molecule has 1 aromatic carbocycles. The van der Waals surface area contributed by atoms with Gasteiger partial charge in [0.2, 0.25) is 5.91 Å². The van der Waals surface area contributed by atoms with Crippen molar-refractivity contribution in [2.75, 3.05) is 6.54 Å². The fraction of sp³-hybridized carbons (Fsp3) is 0.316. The first-order valence-corrected chi connectivity index (χ1v) is 8.85. The Hall–Kier alpha value is -2.47. The van der Waals surface area contributed by atoms with Crippen LogP contribution in [0.15, 0.2) is 36.4 Å². The second-order valence-electron chi connectivity index (χ2n) is 5.86. The summed E-state index contributed by atoms with van der Waals surface area (Å²) in [6.45, 7) is 3.84. The van der Waals surface area contributed by atoms with E-state index in [1.54, 1.807) is 41.7 Å². The normalized spacial score (nSPS) is 11.8. The Balaban J connectivity index is 1.86. The summed E-state index contributed by atoms with van der Waals surface area (Å²) in [4.78, 5) is 37.6. The van der Waals surface area contributed by atoms with Crippen LogP contribution in [0.25, 0.3) is 0 Å². The molecule has 2 aromatic rings. The van der Waals surface area contributed by atoms with E-state index in [1.807, 2.05) is 19.9 Å². The lowest BCUT2D eigenvalue weighted by atomic mass is 9.99. The second kappa shape index (κ2) is 8.58. The number of Topliss-reactive ketones (excluding diaryl/α,β-unsaturated/α-hetero) is 1. The predicted molar refractivity (Wildman–Crippen MR) is 97.2 cm³/mol. The highest BCUT2D eigenvalue weighted by Crippen LogP contribution is 2.22. The lowest BCUT2D eigenvalue weighted by Gasteiger charge is -2.13. The largest absolute Gasteiger partial charge is 0.481 e. The third kappa shape index (κ3) is 5.26. The van der Waals surface area contributed by atoms with Crippen molar-refractivity contribution in [3.8, 4) is 0 Å². The molecule has 2 N–H and O–H groups in total. The number of ketones is 1. The molecule has 1 heterocycles. The fourth-order valence-corrected chi connectivity index (χ4v) is 3.55. The Kier molecular flexibility index (Phi) is 6.47. The van der Waals surface area contributed by atoms with E-state index in [0.717, 1.165) is 9.75 Å². The number of rotatable bonds is 8. The second-order valence-corrected chi connectivity index (χ2v) is 7.32. The summed E-state index contributed by atoms with van der Waals surface area (Å²) in [5.74, 6) is -2.18. The van der Waals surface area contributed by atoms with Gasteiger partial charge in [0.1, 0.15) is 0 Å². The van der Waals surface area contributed by atoms with Gasteiger partial charge in [-0.2, -0.15) is 0 Å². The first-order valence-electron chi connectivity index (χ1n) is 8.03. The van der Waals surface area contributed by atoms with Gasteiger partial charge in [0.25, 0.3) is 0 Å². The summed E-state index contributed by atoms with van der Waals surface area (Å²) < 4.78 is 0. The minimum atomic E-state index is -0.994. The molecule has 0 radical (unpaired) electrons. The van der Waals surface area contributed by atoms with Crippen LogP contribution in [0.4, 0.5) is 0 Å². The summed E-state index contributed by atoms with van der Waals surface area (Å²) in [5, 5.41) is 12.0.